The maximum Gasteiger partial charge on any atom is 0.265 e. The number of benzene rings is 3. The third kappa shape index (κ3) is 5.68. The van der Waals surface area contributed by atoms with Gasteiger partial charge in [-0.1, -0.05) is 29.3 Å². The standard InChI is InChI=1S/C22H21ClN2O5S/c1-14-4-8-18(9-5-14)30-20-10-6-16(23)12-19(20)25-31(27,28)22-13-17(24-15(2)26)7-11-21(22)29-3/h4-13,25H,1-3H3,(H,24,26). The van der Waals surface area contributed by atoms with Gasteiger partial charge in [0.2, 0.25) is 5.91 Å². The van der Waals surface area contributed by atoms with E-state index in [0.29, 0.717) is 16.5 Å². The summed E-state index contributed by atoms with van der Waals surface area (Å²) in [5.41, 5.74) is 1.53. The minimum absolute atomic E-state index is 0.115. The molecular formula is C22H21ClN2O5S. The number of methoxy groups -OCH3 is 1. The molecule has 0 saturated carbocycles. The van der Waals surface area contributed by atoms with Crippen LogP contribution < -0.4 is 19.5 Å². The zero-order valence-electron chi connectivity index (χ0n) is 17.1. The molecule has 0 unspecified atom stereocenters. The van der Waals surface area contributed by atoms with Gasteiger partial charge < -0.3 is 14.8 Å². The smallest absolute Gasteiger partial charge is 0.265 e. The molecule has 7 nitrogen and oxygen atoms in total. The van der Waals surface area contributed by atoms with Crippen molar-refractivity contribution >= 4 is 38.9 Å². The van der Waals surface area contributed by atoms with Gasteiger partial charge in [0.15, 0.2) is 5.75 Å². The highest BCUT2D eigenvalue weighted by Crippen LogP contribution is 2.35. The van der Waals surface area contributed by atoms with Crippen LogP contribution >= 0.6 is 11.6 Å². The first kappa shape index (κ1) is 22.5. The van der Waals surface area contributed by atoms with Crippen molar-refractivity contribution in [1.82, 2.24) is 0 Å². The van der Waals surface area contributed by atoms with Crippen LogP contribution in [-0.2, 0) is 14.8 Å². The number of carbonyl (C=O) groups is 1. The van der Waals surface area contributed by atoms with Gasteiger partial charge in [-0.2, -0.15) is 0 Å². The third-order valence-electron chi connectivity index (χ3n) is 4.21. The van der Waals surface area contributed by atoms with Crippen LogP contribution in [0.15, 0.2) is 65.6 Å². The summed E-state index contributed by atoms with van der Waals surface area (Å²) in [7, 11) is -2.76. The lowest BCUT2D eigenvalue weighted by Crippen LogP contribution is -2.15. The first-order valence-corrected chi connectivity index (χ1v) is 11.1. The van der Waals surface area contributed by atoms with E-state index in [9.17, 15) is 13.2 Å². The summed E-state index contributed by atoms with van der Waals surface area (Å²) in [6.45, 7) is 3.28. The Balaban J connectivity index is 1.98. The number of sulfonamides is 1. The fourth-order valence-electron chi connectivity index (χ4n) is 2.77. The average Bonchev–Trinajstić information content (AvgIpc) is 2.71. The number of hydrogen-bond donors (Lipinski definition) is 2. The van der Waals surface area contributed by atoms with Gasteiger partial charge in [-0.25, -0.2) is 8.42 Å². The molecule has 0 radical (unpaired) electrons. The van der Waals surface area contributed by atoms with E-state index in [0.717, 1.165) is 5.56 Å². The van der Waals surface area contributed by atoms with Crippen LogP contribution in [0.5, 0.6) is 17.2 Å². The van der Waals surface area contributed by atoms with E-state index >= 15 is 0 Å². The van der Waals surface area contributed by atoms with Crippen LogP contribution in [0.3, 0.4) is 0 Å². The number of ether oxygens (including phenoxy) is 2. The topological polar surface area (TPSA) is 93.7 Å². The Kier molecular flexibility index (Phi) is 6.72. The Labute approximate surface area is 186 Å². The lowest BCUT2D eigenvalue weighted by molar-refractivity contribution is -0.114. The predicted octanol–water partition coefficient (Wildman–Crippen LogP) is 5.21. The van der Waals surface area contributed by atoms with Crippen molar-refractivity contribution in [3.63, 3.8) is 0 Å². The van der Waals surface area contributed by atoms with Crippen molar-refractivity contribution in [3.05, 3.63) is 71.2 Å². The number of carbonyl (C=O) groups excluding carboxylic acids is 1. The second-order valence-corrected chi connectivity index (χ2v) is 8.80. The van der Waals surface area contributed by atoms with Crippen molar-refractivity contribution in [3.8, 4) is 17.2 Å². The van der Waals surface area contributed by atoms with Gasteiger partial charge in [-0.05, 0) is 55.5 Å². The molecule has 9 heteroatoms. The molecule has 31 heavy (non-hydrogen) atoms. The highest BCUT2D eigenvalue weighted by molar-refractivity contribution is 7.92. The van der Waals surface area contributed by atoms with Crippen molar-refractivity contribution in [2.24, 2.45) is 0 Å². The number of amides is 1. The number of rotatable bonds is 7. The van der Waals surface area contributed by atoms with Crippen LogP contribution in [0.4, 0.5) is 11.4 Å². The normalized spacial score (nSPS) is 11.0. The Bertz CT molecular complexity index is 1210. The molecule has 0 bridgehead atoms. The first-order chi connectivity index (χ1) is 14.7. The molecule has 0 spiro atoms. The summed E-state index contributed by atoms with van der Waals surface area (Å²) in [6, 6.07) is 16.3. The van der Waals surface area contributed by atoms with Crippen LogP contribution in [-0.4, -0.2) is 21.4 Å². The molecule has 0 heterocycles. The molecule has 0 atom stereocenters. The Hall–Kier alpha value is -3.23. The monoisotopic (exact) mass is 460 g/mol. The third-order valence-corrected chi connectivity index (χ3v) is 5.83. The number of nitrogens with one attached hydrogen (secondary N) is 2. The van der Waals surface area contributed by atoms with E-state index in [2.05, 4.69) is 10.0 Å². The molecule has 3 aromatic rings. The summed E-state index contributed by atoms with van der Waals surface area (Å²) in [4.78, 5) is 11.2. The summed E-state index contributed by atoms with van der Waals surface area (Å²) in [6.07, 6.45) is 0. The largest absolute Gasteiger partial charge is 0.495 e. The van der Waals surface area contributed by atoms with Crippen LogP contribution in [0.1, 0.15) is 12.5 Å². The van der Waals surface area contributed by atoms with Crippen molar-refractivity contribution in [2.45, 2.75) is 18.7 Å². The maximum atomic E-state index is 13.2. The number of aryl methyl sites for hydroxylation is 1. The summed E-state index contributed by atoms with van der Waals surface area (Å²) in [5, 5.41) is 2.88. The van der Waals surface area contributed by atoms with Crippen LogP contribution in [0.25, 0.3) is 0 Å². The summed E-state index contributed by atoms with van der Waals surface area (Å²) in [5.74, 6) is 0.599. The highest BCUT2D eigenvalue weighted by atomic mass is 35.5. The molecule has 0 fully saturated rings. The van der Waals surface area contributed by atoms with E-state index in [4.69, 9.17) is 21.1 Å². The lowest BCUT2D eigenvalue weighted by Gasteiger charge is -2.16. The first-order valence-electron chi connectivity index (χ1n) is 9.20. The molecule has 162 valence electrons. The molecule has 0 aromatic heterocycles. The van der Waals surface area contributed by atoms with Gasteiger partial charge in [-0.3, -0.25) is 9.52 Å². The van der Waals surface area contributed by atoms with Gasteiger partial charge in [-0.15, -0.1) is 0 Å². The molecular weight excluding hydrogens is 440 g/mol. The van der Waals surface area contributed by atoms with E-state index in [-0.39, 0.29) is 28.0 Å². The Morgan fingerprint density at radius 1 is 0.968 bits per heavy atom. The highest BCUT2D eigenvalue weighted by Gasteiger charge is 2.22. The van der Waals surface area contributed by atoms with Gasteiger partial charge >= 0.3 is 0 Å². The molecule has 0 aliphatic rings. The average molecular weight is 461 g/mol. The van der Waals surface area contributed by atoms with Crippen LogP contribution in [0, 0.1) is 6.92 Å². The van der Waals surface area contributed by atoms with E-state index in [1.54, 1.807) is 30.3 Å². The zero-order chi connectivity index (χ0) is 22.6. The minimum Gasteiger partial charge on any atom is -0.495 e. The molecule has 2 N–H and O–H groups in total. The molecule has 1 amide bonds. The van der Waals surface area contributed by atoms with E-state index in [1.165, 1.54) is 32.2 Å². The lowest BCUT2D eigenvalue weighted by atomic mass is 10.2. The maximum absolute atomic E-state index is 13.2. The van der Waals surface area contributed by atoms with Crippen LogP contribution in [0.2, 0.25) is 5.02 Å². The molecule has 0 aliphatic carbocycles. The zero-order valence-corrected chi connectivity index (χ0v) is 18.7. The predicted molar refractivity (Wildman–Crippen MR) is 121 cm³/mol. The quantitative estimate of drug-likeness (QED) is 0.504. The molecule has 3 rings (SSSR count). The Morgan fingerprint density at radius 2 is 1.65 bits per heavy atom. The Morgan fingerprint density at radius 3 is 2.29 bits per heavy atom. The second-order valence-electron chi connectivity index (χ2n) is 6.71. The molecule has 0 saturated heterocycles. The molecule has 3 aromatic carbocycles. The van der Waals surface area contributed by atoms with Crippen molar-refractivity contribution in [1.29, 1.82) is 0 Å². The minimum atomic E-state index is -4.12. The SMILES string of the molecule is COc1ccc(NC(C)=O)cc1S(=O)(=O)Nc1cc(Cl)ccc1Oc1ccc(C)cc1. The fourth-order valence-corrected chi connectivity index (χ4v) is 4.20. The van der Waals surface area contributed by atoms with Gasteiger partial charge in [0.25, 0.3) is 10.0 Å². The van der Waals surface area contributed by atoms with Gasteiger partial charge in [0, 0.05) is 17.6 Å². The molecule has 0 aliphatic heterocycles. The van der Waals surface area contributed by atoms with Gasteiger partial charge in [0.05, 0.1) is 12.8 Å². The van der Waals surface area contributed by atoms with Gasteiger partial charge in [0.1, 0.15) is 16.4 Å². The summed E-state index contributed by atoms with van der Waals surface area (Å²) >= 11 is 6.09. The number of hydrogen-bond acceptors (Lipinski definition) is 5. The second kappa shape index (κ2) is 9.28. The summed E-state index contributed by atoms with van der Waals surface area (Å²) < 4.78 is 39.9. The fraction of sp³-hybridized carbons (Fsp3) is 0.136. The number of halogens is 1. The van der Waals surface area contributed by atoms with Crippen molar-refractivity contribution < 1.29 is 22.7 Å². The van der Waals surface area contributed by atoms with Crippen molar-refractivity contribution in [2.75, 3.05) is 17.1 Å². The van der Waals surface area contributed by atoms with E-state index < -0.39 is 10.0 Å². The van der Waals surface area contributed by atoms with E-state index in [1.807, 2.05) is 19.1 Å². The number of anilines is 2.